The number of amides is 2. The van der Waals surface area contributed by atoms with Crippen molar-refractivity contribution in [1.82, 2.24) is 15.3 Å². The van der Waals surface area contributed by atoms with Gasteiger partial charge in [0.15, 0.2) is 5.75 Å². The van der Waals surface area contributed by atoms with E-state index in [0.29, 0.717) is 5.95 Å². The number of nitrogens with zero attached hydrogens (tertiary/aromatic N) is 3. The summed E-state index contributed by atoms with van der Waals surface area (Å²) in [6.45, 7) is 0. The van der Waals surface area contributed by atoms with Crippen LogP contribution in [0.2, 0.25) is 0 Å². The molecule has 0 radical (unpaired) electrons. The van der Waals surface area contributed by atoms with Crippen LogP contribution in [0.3, 0.4) is 0 Å². The lowest BCUT2D eigenvalue weighted by atomic mass is 9.91. The Morgan fingerprint density at radius 3 is 2.43 bits per heavy atom. The van der Waals surface area contributed by atoms with Crippen LogP contribution >= 0.6 is 0 Å². The number of urea groups is 1. The van der Waals surface area contributed by atoms with E-state index < -0.39 is 18.1 Å². The molecule has 3 N–H and O–H groups in total. The molecule has 1 saturated carbocycles. The number of ether oxygens (including phenoxy) is 1. The summed E-state index contributed by atoms with van der Waals surface area (Å²) in [6.07, 6.45) is 2.54. The van der Waals surface area contributed by atoms with Gasteiger partial charge in [-0.25, -0.2) is 9.78 Å². The second-order valence-corrected chi connectivity index (χ2v) is 9.23. The summed E-state index contributed by atoms with van der Waals surface area (Å²) in [5.41, 5.74) is 2.33. The van der Waals surface area contributed by atoms with Crippen molar-refractivity contribution in [2.24, 2.45) is 0 Å². The summed E-state index contributed by atoms with van der Waals surface area (Å²) in [6, 6.07) is 5.01. The molecule has 2 aliphatic carbocycles. The maximum Gasteiger partial charge on any atom is 0.573 e. The number of fused-ring (bicyclic) bond motifs is 1. The fourth-order valence-electron chi connectivity index (χ4n) is 4.70. The molecule has 0 atom stereocenters. The predicted molar refractivity (Wildman–Crippen MR) is 128 cm³/mol. The largest absolute Gasteiger partial charge is 0.573 e. The number of alkyl halides is 3. The Morgan fingerprint density at radius 1 is 1.03 bits per heavy atom. The van der Waals surface area contributed by atoms with Gasteiger partial charge in [0.2, 0.25) is 5.95 Å². The van der Waals surface area contributed by atoms with E-state index in [1.54, 1.807) is 0 Å². The number of carbonyl (C=O) groups is 1. The number of hydrogen-bond acceptors (Lipinski definition) is 6. The molecule has 0 aliphatic heterocycles. The van der Waals surface area contributed by atoms with Crippen LogP contribution in [-0.2, 0) is 12.8 Å². The van der Waals surface area contributed by atoms with Crippen LogP contribution in [0.1, 0.15) is 49.8 Å². The second-order valence-electron chi connectivity index (χ2n) is 9.23. The van der Waals surface area contributed by atoms with Crippen molar-refractivity contribution in [2.45, 2.75) is 69.8 Å². The predicted octanol–water partition coefficient (Wildman–Crippen LogP) is 4.86. The second kappa shape index (κ2) is 10.6. The van der Waals surface area contributed by atoms with Gasteiger partial charge < -0.3 is 25.6 Å². The SMILES string of the molecule is CN(C)c1nc(NC2CCC(NC(=O)Nc3ccccc3OC(F)(F)F)CC2)nc2c1CCCC2. The number of para-hydroxylation sites is 2. The minimum absolute atomic E-state index is 0.0427. The van der Waals surface area contributed by atoms with Gasteiger partial charge in [0, 0.05) is 31.7 Å². The van der Waals surface area contributed by atoms with Crippen LogP contribution in [0, 0.1) is 0 Å². The van der Waals surface area contributed by atoms with Gasteiger partial charge in [0.25, 0.3) is 0 Å². The maximum atomic E-state index is 12.6. The van der Waals surface area contributed by atoms with Gasteiger partial charge in [-0.15, -0.1) is 13.2 Å². The van der Waals surface area contributed by atoms with Crippen molar-refractivity contribution in [2.75, 3.05) is 29.6 Å². The Balaban J connectivity index is 1.30. The number of nitrogens with one attached hydrogen (secondary N) is 3. The summed E-state index contributed by atoms with van der Waals surface area (Å²) in [4.78, 5) is 24.0. The molecule has 1 aromatic carbocycles. The van der Waals surface area contributed by atoms with E-state index in [2.05, 4.69) is 20.7 Å². The number of benzene rings is 1. The number of aryl methyl sites for hydroxylation is 1. The number of halogens is 3. The van der Waals surface area contributed by atoms with Crippen molar-refractivity contribution in [3.63, 3.8) is 0 Å². The highest BCUT2D eigenvalue weighted by molar-refractivity contribution is 5.91. The highest BCUT2D eigenvalue weighted by atomic mass is 19.4. The van der Waals surface area contributed by atoms with Crippen molar-refractivity contribution < 1.29 is 22.7 Å². The van der Waals surface area contributed by atoms with Crippen molar-refractivity contribution in [3.05, 3.63) is 35.5 Å². The molecule has 8 nitrogen and oxygen atoms in total. The highest BCUT2D eigenvalue weighted by Crippen LogP contribution is 2.31. The molecule has 11 heteroatoms. The summed E-state index contributed by atoms with van der Waals surface area (Å²) >= 11 is 0. The molecule has 0 unspecified atom stereocenters. The summed E-state index contributed by atoms with van der Waals surface area (Å²) in [7, 11) is 3.99. The lowest BCUT2D eigenvalue weighted by Crippen LogP contribution is -2.42. The number of carbonyl (C=O) groups excluding carboxylic acids is 1. The number of hydrogen-bond donors (Lipinski definition) is 3. The molecule has 190 valence electrons. The van der Waals surface area contributed by atoms with Gasteiger partial charge in [0.1, 0.15) is 5.82 Å². The van der Waals surface area contributed by atoms with E-state index in [4.69, 9.17) is 9.97 Å². The van der Waals surface area contributed by atoms with Crippen molar-refractivity contribution in [1.29, 1.82) is 0 Å². The van der Waals surface area contributed by atoms with Gasteiger partial charge >= 0.3 is 12.4 Å². The zero-order chi connectivity index (χ0) is 25.0. The van der Waals surface area contributed by atoms with E-state index in [1.165, 1.54) is 23.8 Å². The van der Waals surface area contributed by atoms with Gasteiger partial charge in [-0.3, -0.25) is 0 Å². The Hall–Kier alpha value is -3.24. The molecule has 0 bridgehead atoms. The first kappa shape index (κ1) is 24.9. The van der Waals surface area contributed by atoms with Gasteiger partial charge in [0.05, 0.1) is 11.4 Å². The van der Waals surface area contributed by atoms with E-state index in [0.717, 1.165) is 68.9 Å². The number of rotatable bonds is 6. The first-order chi connectivity index (χ1) is 16.7. The summed E-state index contributed by atoms with van der Waals surface area (Å²) in [5.74, 6) is 1.16. The van der Waals surface area contributed by atoms with Crippen LogP contribution in [0.25, 0.3) is 0 Å². The van der Waals surface area contributed by atoms with Gasteiger partial charge in [-0.2, -0.15) is 4.98 Å². The fraction of sp³-hybridized carbons (Fsp3) is 0.542. The minimum Gasteiger partial charge on any atom is -0.404 e. The van der Waals surface area contributed by atoms with E-state index in [9.17, 15) is 18.0 Å². The first-order valence-electron chi connectivity index (χ1n) is 11.9. The van der Waals surface area contributed by atoms with Crippen LogP contribution in [0.15, 0.2) is 24.3 Å². The zero-order valence-corrected chi connectivity index (χ0v) is 19.9. The highest BCUT2D eigenvalue weighted by Gasteiger charge is 2.32. The number of aromatic nitrogens is 2. The zero-order valence-electron chi connectivity index (χ0n) is 19.9. The molecule has 1 heterocycles. The molecular formula is C24H31F3N6O2. The number of anilines is 3. The molecule has 1 aromatic heterocycles. The third-order valence-corrected chi connectivity index (χ3v) is 6.34. The van der Waals surface area contributed by atoms with E-state index in [1.807, 2.05) is 19.0 Å². The van der Waals surface area contributed by atoms with Crippen LogP contribution in [0.4, 0.5) is 35.4 Å². The Bertz CT molecular complexity index is 1040. The standard InChI is InChI=1S/C24H31F3N6O2/c1-33(2)21-17-7-3-4-8-18(17)30-22(32-21)28-15-11-13-16(14-12-15)29-23(34)31-19-9-5-6-10-20(19)35-24(25,26)27/h5-6,9-10,15-16H,3-4,7-8,11-14H2,1-2H3,(H,28,30,32)(H2,29,31,34). The molecule has 2 aliphatic rings. The lowest BCUT2D eigenvalue weighted by molar-refractivity contribution is -0.274. The molecule has 2 aromatic rings. The molecular weight excluding hydrogens is 461 g/mol. The molecule has 4 rings (SSSR count). The lowest BCUT2D eigenvalue weighted by Gasteiger charge is -2.30. The molecule has 35 heavy (non-hydrogen) atoms. The molecule has 2 amide bonds. The summed E-state index contributed by atoms with van der Waals surface area (Å²) < 4.78 is 41.8. The fourth-order valence-corrected chi connectivity index (χ4v) is 4.70. The normalized spacial score (nSPS) is 19.9. The average Bonchev–Trinajstić information content (AvgIpc) is 2.80. The smallest absolute Gasteiger partial charge is 0.404 e. The summed E-state index contributed by atoms with van der Waals surface area (Å²) in [5, 5.41) is 8.78. The third-order valence-electron chi connectivity index (χ3n) is 6.34. The third kappa shape index (κ3) is 6.67. The van der Waals surface area contributed by atoms with Gasteiger partial charge in [-0.1, -0.05) is 12.1 Å². The van der Waals surface area contributed by atoms with Crippen LogP contribution in [-0.4, -0.2) is 48.5 Å². The maximum absolute atomic E-state index is 12.6. The van der Waals surface area contributed by atoms with Gasteiger partial charge in [-0.05, 0) is 63.5 Å². The van der Waals surface area contributed by atoms with Crippen LogP contribution < -0.4 is 25.6 Å². The van der Waals surface area contributed by atoms with Crippen molar-refractivity contribution >= 4 is 23.5 Å². The Labute approximate surface area is 202 Å². The van der Waals surface area contributed by atoms with Crippen LogP contribution in [0.5, 0.6) is 5.75 Å². The monoisotopic (exact) mass is 492 g/mol. The van der Waals surface area contributed by atoms with E-state index >= 15 is 0 Å². The molecule has 0 saturated heterocycles. The topological polar surface area (TPSA) is 91.4 Å². The quantitative estimate of drug-likeness (QED) is 0.533. The molecule has 0 spiro atoms. The average molecular weight is 493 g/mol. The molecule has 1 fully saturated rings. The van der Waals surface area contributed by atoms with E-state index in [-0.39, 0.29) is 17.8 Å². The Kier molecular flexibility index (Phi) is 7.51. The Morgan fingerprint density at radius 2 is 1.71 bits per heavy atom. The van der Waals surface area contributed by atoms with Crippen molar-refractivity contribution in [3.8, 4) is 5.75 Å². The first-order valence-corrected chi connectivity index (χ1v) is 11.9. The minimum atomic E-state index is -4.84.